The molecule has 2 aliphatic rings. The van der Waals surface area contributed by atoms with Crippen molar-refractivity contribution in [2.75, 3.05) is 19.8 Å². The van der Waals surface area contributed by atoms with Crippen LogP contribution >= 0.6 is 0 Å². The van der Waals surface area contributed by atoms with Gasteiger partial charge in [-0.3, -0.25) is 0 Å². The lowest BCUT2D eigenvalue weighted by molar-refractivity contribution is -0.243. The Morgan fingerprint density at radius 2 is 1.83 bits per heavy atom. The molecule has 1 aromatic carbocycles. The Bertz CT molecular complexity index is 593. The quantitative estimate of drug-likeness (QED) is 0.448. The van der Waals surface area contributed by atoms with Crippen molar-refractivity contribution in [3.05, 3.63) is 42.0 Å². The standard InChI is InChI=1S/C15H20O5.C6H12O3/c1-2-10-3-5-11(6-4-10)8-19-9-13-15(18)12(16)7-14(17)20-13;7-4-6-3-5(8)1-2-9-6/h2-6,12-18H,1,7-9H2;5-8H,1-4H2/t12?,13?,14-,15-;/m0./s1. The zero-order valence-corrected chi connectivity index (χ0v) is 16.5. The van der Waals surface area contributed by atoms with Gasteiger partial charge in [-0.2, -0.15) is 0 Å². The molecule has 0 aliphatic carbocycles. The van der Waals surface area contributed by atoms with Gasteiger partial charge < -0.3 is 39.7 Å². The van der Waals surface area contributed by atoms with Crippen molar-refractivity contribution in [2.24, 2.45) is 0 Å². The fourth-order valence-corrected chi connectivity index (χ4v) is 3.10. The van der Waals surface area contributed by atoms with Gasteiger partial charge in [0.05, 0.1) is 38.1 Å². The van der Waals surface area contributed by atoms with E-state index >= 15 is 0 Å². The molecule has 2 aliphatic heterocycles. The van der Waals surface area contributed by atoms with Crippen LogP contribution in [-0.4, -0.2) is 82.2 Å². The van der Waals surface area contributed by atoms with Crippen LogP contribution in [0.3, 0.4) is 0 Å². The number of ether oxygens (including phenoxy) is 3. The van der Waals surface area contributed by atoms with Crippen LogP contribution in [-0.2, 0) is 20.8 Å². The molecule has 2 saturated heterocycles. The van der Waals surface area contributed by atoms with Gasteiger partial charge in [0.15, 0.2) is 6.29 Å². The number of hydrogen-bond acceptors (Lipinski definition) is 8. The number of rotatable bonds is 6. The van der Waals surface area contributed by atoms with E-state index in [-0.39, 0.29) is 31.8 Å². The Morgan fingerprint density at radius 1 is 1.10 bits per heavy atom. The van der Waals surface area contributed by atoms with E-state index in [9.17, 15) is 15.3 Å². The SMILES string of the molecule is C=Cc1ccc(COCC2O[C@H](O)CC(O)[C@@H]2O)cc1.OCC1CC(O)CCO1. The van der Waals surface area contributed by atoms with E-state index in [2.05, 4.69) is 6.58 Å². The largest absolute Gasteiger partial charge is 0.394 e. The third-order valence-corrected chi connectivity index (χ3v) is 4.86. The Labute approximate surface area is 171 Å². The lowest BCUT2D eigenvalue weighted by atomic mass is 10.0. The third-order valence-electron chi connectivity index (χ3n) is 4.86. The van der Waals surface area contributed by atoms with Gasteiger partial charge in [0.1, 0.15) is 12.2 Å². The summed E-state index contributed by atoms with van der Waals surface area (Å²) < 4.78 is 15.7. The Hall–Kier alpha value is -1.36. The Kier molecular flexibility index (Phi) is 10.2. The van der Waals surface area contributed by atoms with Crippen molar-refractivity contribution in [3.8, 4) is 0 Å². The molecule has 164 valence electrons. The molecular formula is C21H32O8. The first-order valence-corrected chi connectivity index (χ1v) is 9.82. The van der Waals surface area contributed by atoms with E-state index in [1.54, 1.807) is 6.08 Å². The van der Waals surface area contributed by atoms with Gasteiger partial charge in [-0.05, 0) is 17.5 Å². The molecule has 2 fully saturated rings. The van der Waals surface area contributed by atoms with Gasteiger partial charge in [0.2, 0.25) is 0 Å². The molecule has 29 heavy (non-hydrogen) atoms. The monoisotopic (exact) mass is 412 g/mol. The molecule has 6 atom stereocenters. The summed E-state index contributed by atoms with van der Waals surface area (Å²) >= 11 is 0. The minimum Gasteiger partial charge on any atom is -0.394 e. The summed E-state index contributed by atoms with van der Waals surface area (Å²) in [6, 6.07) is 7.73. The second-order valence-electron chi connectivity index (χ2n) is 7.24. The minimum absolute atomic E-state index is 0.0146. The van der Waals surface area contributed by atoms with Gasteiger partial charge in [0, 0.05) is 19.4 Å². The number of aliphatic hydroxyl groups excluding tert-OH is 5. The van der Waals surface area contributed by atoms with Crippen molar-refractivity contribution in [1.82, 2.24) is 0 Å². The van der Waals surface area contributed by atoms with Gasteiger partial charge in [-0.25, -0.2) is 0 Å². The fourth-order valence-electron chi connectivity index (χ4n) is 3.10. The van der Waals surface area contributed by atoms with Crippen LogP contribution in [0.4, 0.5) is 0 Å². The molecule has 4 unspecified atom stereocenters. The van der Waals surface area contributed by atoms with Crippen LogP contribution in [0.25, 0.3) is 6.08 Å². The minimum atomic E-state index is -1.06. The van der Waals surface area contributed by atoms with Crippen molar-refractivity contribution in [3.63, 3.8) is 0 Å². The van der Waals surface area contributed by atoms with Crippen molar-refractivity contribution in [2.45, 2.75) is 62.7 Å². The first-order chi connectivity index (χ1) is 13.9. The molecule has 8 nitrogen and oxygen atoms in total. The van der Waals surface area contributed by atoms with Crippen molar-refractivity contribution in [1.29, 1.82) is 0 Å². The highest BCUT2D eigenvalue weighted by molar-refractivity contribution is 5.47. The molecule has 0 bridgehead atoms. The molecule has 5 N–H and O–H groups in total. The first-order valence-electron chi connectivity index (χ1n) is 9.82. The summed E-state index contributed by atoms with van der Waals surface area (Å²) in [5, 5.41) is 46.3. The molecule has 0 spiro atoms. The molecule has 8 heteroatoms. The first kappa shape index (κ1) is 23.9. The van der Waals surface area contributed by atoms with Crippen LogP contribution in [0.15, 0.2) is 30.8 Å². The zero-order chi connectivity index (χ0) is 21.2. The molecule has 0 saturated carbocycles. The van der Waals surface area contributed by atoms with E-state index in [1.165, 1.54) is 0 Å². The number of hydrogen-bond donors (Lipinski definition) is 5. The molecule has 3 rings (SSSR count). The topological polar surface area (TPSA) is 129 Å². The Morgan fingerprint density at radius 3 is 2.41 bits per heavy atom. The van der Waals surface area contributed by atoms with Gasteiger partial charge in [-0.15, -0.1) is 0 Å². The van der Waals surface area contributed by atoms with Gasteiger partial charge in [0.25, 0.3) is 0 Å². The lowest BCUT2D eigenvalue weighted by Gasteiger charge is -2.34. The van der Waals surface area contributed by atoms with E-state index in [0.717, 1.165) is 11.1 Å². The van der Waals surface area contributed by atoms with E-state index in [1.807, 2.05) is 24.3 Å². The lowest BCUT2D eigenvalue weighted by Crippen LogP contribution is -2.50. The normalized spacial score (nSPS) is 32.2. The molecule has 0 aromatic heterocycles. The van der Waals surface area contributed by atoms with Crippen LogP contribution in [0.2, 0.25) is 0 Å². The highest BCUT2D eigenvalue weighted by atomic mass is 16.6. The zero-order valence-electron chi connectivity index (χ0n) is 16.5. The molecule has 0 radical (unpaired) electrons. The average Bonchev–Trinajstić information content (AvgIpc) is 2.72. The molecular weight excluding hydrogens is 380 g/mol. The maximum atomic E-state index is 9.74. The number of aliphatic hydroxyl groups is 5. The molecule has 2 heterocycles. The maximum absolute atomic E-state index is 9.74. The van der Waals surface area contributed by atoms with Crippen molar-refractivity contribution < 1.29 is 39.7 Å². The summed E-state index contributed by atoms with van der Waals surface area (Å²) in [4.78, 5) is 0. The predicted molar refractivity (Wildman–Crippen MR) is 106 cm³/mol. The highest BCUT2D eigenvalue weighted by Crippen LogP contribution is 2.19. The van der Waals surface area contributed by atoms with Crippen LogP contribution in [0.1, 0.15) is 30.4 Å². The van der Waals surface area contributed by atoms with E-state index < -0.39 is 24.6 Å². The van der Waals surface area contributed by atoms with Crippen molar-refractivity contribution >= 4 is 6.08 Å². The second-order valence-corrected chi connectivity index (χ2v) is 7.24. The van der Waals surface area contributed by atoms with E-state index in [0.29, 0.717) is 26.1 Å². The second kappa shape index (κ2) is 12.4. The van der Waals surface area contributed by atoms with Gasteiger partial charge in [-0.1, -0.05) is 36.9 Å². The van der Waals surface area contributed by atoms with Crippen LogP contribution in [0.5, 0.6) is 0 Å². The summed E-state index contributed by atoms with van der Waals surface area (Å²) in [5.74, 6) is 0. The predicted octanol–water partition coefficient (Wildman–Crippen LogP) is 0.194. The highest BCUT2D eigenvalue weighted by Gasteiger charge is 2.35. The Balaban J connectivity index is 0.000000278. The average molecular weight is 412 g/mol. The maximum Gasteiger partial charge on any atom is 0.157 e. The summed E-state index contributed by atoms with van der Waals surface area (Å²) in [6.45, 7) is 4.76. The third kappa shape index (κ3) is 8.12. The van der Waals surface area contributed by atoms with Gasteiger partial charge >= 0.3 is 0 Å². The summed E-state index contributed by atoms with van der Waals surface area (Å²) in [6.07, 6.45) is -1.15. The number of benzene rings is 1. The summed E-state index contributed by atoms with van der Waals surface area (Å²) in [5.41, 5.74) is 2.02. The summed E-state index contributed by atoms with van der Waals surface area (Å²) in [7, 11) is 0. The van der Waals surface area contributed by atoms with Crippen LogP contribution < -0.4 is 0 Å². The fraction of sp³-hybridized carbons (Fsp3) is 0.619. The van der Waals surface area contributed by atoms with Crippen LogP contribution in [0, 0.1) is 0 Å². The molecule has 0 amide bonds. The van der Waals surface area contributed by atoms with E-state index in [4.69, 9.17) is 24.4 Å². The smallest absolute Gasteiger partial charge is 0.157 e. The molecule has 1 aromatic rings.